The number of ether oxygens (including phenoxy) is 1. The zero-order valence-electron chi connectivity index (χ0n) is 10.9. The van der Waals surface area contributed by atoms with Gasteiger partial charge < -0.3 is 14.9 Å². The smallest absolute Gasteiger partial charge is 0.316 e. The molecule has 20 heavy (non-hydrogen) atoms. The molecule has 0 spiro atoms. The molecular weight excluding hydrogens is 280 g/mol. The Bertz CT molecular complexity index is 717. The molecule has 1 aromatic heterocycles. The second-order valence-electron chi connectivity index (χ2n) is 4.98. The van der Waals surface area contributed by atoms with Gasteiger partial charge in [0.1, 0.15) is 5.52 Å². The van der Waals surface area contributed by atoms with E-state index in [1.54, 1.807) is 18.2 Å². The van der Waals surface area contributed by atoms with E-state index in [1.807, 2.05) is 0 Å². The van der Waals surface area contributed by atoms with Gasteiger partial charge in [0.15, 0.2) is 5.58 Å². The van der Waals surface area contributed by atoms with Crippen LogP contribution in [0.5, 0.6) is 0 Å². The molecule has 0 aliphatic carbocycles. The summed E-state index contributed by atoms with van der Waals surface area (Å²) < 4.78 is 35.4. The molecule has 2 N–H and O–H groups in total. The van der Waals surface area contributed by atoms with Crippen LogP contribution in [0.4, 0.5) is 5.69 Å². The van der Waals surface area contributed by atoms with Gasteiger partial charge in [-0.2, -0.15) is 4.98 Å². The van der Waals surface area contributed by atoms with Gasteiger partial charge in [0.2, 0.25) is 9.84 Å². The topological polar surface area (TPSA) is 95.4 Å². The van der Waals surface area contributed by atoms with Crippen LogP contribution in [-0.4, -0.2) is 31.9 Å². The van der Waals surface area contributed by atoms with Crippen LogP contribution < -0.4 is 5.73 Å². The van der Waals surface area contributed by atoms with E-state index in [0.29, 0.717) is 23.4 Å². The second-order valence-corrected chi connectivity index (χ2v) is 6.89. The van der Waals surface area contributed by atoms with Gasteiger partial charge in [-0.3, -0.25) is 0 Å². The number of hydrogen-bond acceptors (Lipinski definition) is 6. The lowest BCUT2D eigenvalue weighted by molar-refractivity contribution is 0.0303. The highest BCUT2D eigenvalue weighted by atomic mass is 32.2. The normalized spacial score (nSPS) is 20.3. The SMILES string of the molecule is Nc1ccc2nc(S(=O)(=O)CC3CCCCO3)oc2c1. The highest BCUT2D eigenvalue weighted by Crippen LogP contribution is 2.23. The lowest BCUT2D eigenvalue weighted by Crippen LogP contribution is -2.27. The number of aromatic nitrogens is 1. The summed E-state index contributed by atoms with van der Waals surface area (Å²) in [6, 6.07) is 4.87. The fourth-order valence-electron chi connectivity index (χ4n) is 2.31. The second kappa shape index (κ2) is 5.06. The summed E-state index contributed by atoms with van der Waals surface area (Å²) in [5.74, 6) is -0.0880. The molecule has 1 aliphatic rings. The molecule has 1 fully saturated rings. The summed E-state index contributed by atoms with van der Waals surface area (Å²) >= 11 is 0. The van der Waals surface area contributed by atoms with E-state index >= 15 is 0 Å². The predicted octanol–water partition coefficient (Wildman–Crippen LogP) is 1.75. The van der Waals surface area contributed by atoms with Crippen molar-refractivity contribution in [3.05, 3.63) is 18.2 Å². The Hall–Kier alpha value is -1.60. The molecule has 0 saturated carbocycles. The molecule has 1 saturated heterocycles. The zero-order chi connectivity index (χ0) is 14.2. The summed E-state index contributed by atoms with van der Waals surface area (Å²) in [4.78, 5) is 4.03. The van der Waals surface area contributed by atoms with Gasteiger partial charge in [0.05, 0.1) is 11.9 Å². The third-order valence-electron chi connectivity index (χ3n) is 3.34. The molecule has 3 rings (SSSR count). The Morgan fingerprint density at radius 1 is 1.35 bits per heavy atom. The predicted molar refractivity (Wildman–Crippen MR) is 74.1 cm³/mol. The van der Waals surface area contributed by atoms with Crippen LogP contribution in [0.15, 0.2) is 27.8 Å². The third-order valence-corrected chi connectivity index (χ3v) is 4.86. The number of hydrogen-bond donors (Lipinski definition) is 1. The Kier molecular flexibility index (Phi) is 3.39. The van der Waals surface area contributed by atoms with Crippen LogP contribution in [0.1, 0.15) is 19.3 Å². The molecule has 1 aromatic carbocycles. The maximum atomic E-state index is 12.3. The number of fused-ring (bicyclic) bond motifs is 1. The molecule has 1 unspecified atom stereocenters. The van der Waals surface area contributed by atoms with Gasteiger partial charge >= 0.3 is 5.22 Å². The van der Waals surface area contributed by atoms with Crippen molar-refractivity contribution in [2.45, 2.75) is 30.6 Å². The van der Waals surface area contributed by atoms with Crippen molar-refractivity contribution in [2.75, 3.05) is 18.1 Å². The van der Waals surface area contributed by atoms with Crippen molar-refractivity contribution in [3.63, 3.8) is 0 Å². The van der Waals surface area contributed by atoms with Crippen molar-refractivity contribution in [3.8, 4) is 0 Å². The molecule has 1 aliphatic heterocycles. The minimum atomic E-state index is -3.58. The molecule has 108 valence electrons. The fraction of sp³-hybridized carbons (Fsp3) is 0.462. The van der Waals surface area contributed by atoms with Crippen LogP contribution >= 0.6 is 0 Å². The zero-order valence-corrected chi connectivity index (χ0v) is 11.7. The molecule has 2 heterocycles. The maximum Gasteiger partial charge on any atom is 0.316 e. The molecule has 6 nitrogen and oxygen atoms in total. The third kappa shape index (κ3) is 2.64. The van der Waals surface area contributed by atoms with Gasteiger partial charge in [0, 0.05) is 18.4 Å². The standard InChI is InChI=1S/C13H16N2O4S/c14-9-4-5-11-12(7-9)19-13(15-11)20(16,17)8-10-3-1-2-6-18-10/h4-5,7,10H,1-3,6,8,14H2. The molecular formula is C13H16N2O4S. The van der Waals surface area contributed by atoms with E-state index in [-0.39, 0.29) is 17.1 Å². The van der Waals surface area contributed by atoms with Crippen LogP contribution in [0, 0.1) is 0 Å². The van der Waals surface area contributed by atoms with E-state index in [1.165, 1.54) is 0 Å². The number of oxazole rings is 1. The number of sulfone groups is 1. The minimum absolute atomic E-state index is 0.0880. The summed E-state index contributed by atoms with van der Waals surface area (Å²) in [6.07, 6.45) is 2.46. The number of rotatable bonds is 3. The molecule has 0 radical (unpaired) electrons. The molecule has 2 aromatic rings. The van der Waals surface area contributed by atoms with E-state index in [0.717, 1.165) is 19.3 Å². The number of anilines is 1. The maximum absolute atomic E-state index is 12.3. The van der Waals surface area contributed by atoms with Gasteiger partial charge in [-0.1, -0.05) is 0 Å². The molecule has 0 amide bonds. The van der Waals surface area contributed by atoms with Crippen LogP contribution in [0.2, 0.25) is 0 Å². The van der Waals surface area contributed by atoms with Gasteiger partial charge in [-0.15, -0.1) is 0 Å². The van der Waals surface area contributed by atoms with Gasteiger partial charge in [-0.25, -0.2) is 8.42 Å². The Labute approximate surface area is 116 Å². The number of nitrogen functional groups attached to an aromatic ring is 1. The van der Waals surface area contributed by atoms with Gasteiger partial charge in [0.25, 0.3) is 0 Å². The largest absolute Gasteiger partial charge is 0.428 e. The summed E-state index contributed by atoms with van der Waals surface area (Å²) in [5.41, 5.74) is 7.01. The number of benzene rings is 1. The summed E-state index contributed by atoms with van der Waals surface area (Å²) in [5, 5.41) is -0.257. The minimum Gasteiger partial charge on any atom is -0.428 e. The first-order valence-corrected chi connectivity index (χ1v) is 8.20. The van der Waals surface area contributed by atoms with Crippen molar-refractivity contribution < 1.29 is 17.6 Å². The van der Waals surface area contributed by atoms with Crippen molar-refractivity contribution >= 4 is 26.6 Å². The monoisotopic (exact) mass is 296 g/mol. The first-order chi connectivity index (χ1) is 9.54. The van der Waals surface area contributed by atoms with E-state index in [4.69, 9.17) is 14.9 Å². The van der Waals surface area contributed by atoms with Crippen molar-refractivity contribution in [2.24, 2.45) is 0 Å². The average Bonchev–Trinajstić information content (AvgIpc) is 2.83. The van der Waals surface area contributed by atoms with E-state index < -0.39 is 9.84 Å². The molecule has 0 bridgehead atoms. The average molecular weight is 296 g/mol. The van der Waals surface area contributed by atoms with Crippen molar-refractivity contribution in [1.82, 2.24) is 4.98 Å². The highest BCUT2D eigenvalue weighted by molar-refractivity contribution is 7.91. The summed E-state index contributed by atoms with van der Waals surface area (Å²) in [6.45, 7) is 0.615. The highest BCUT2D eigenvalue weighted by Gasteiger charge is 2.28. The number of nitrogens with zero attached hydrogens (tertiary/aromatic N) is 1. The van der Waals surface area contributed by atoms with Crippen LogP contribution in [0.3, 0.4) is 0 Å². The first-order valence-electron chi connectivity index (χ1n) is 6.55. The summed E-state index contributed by atoms with van der Waals surface area (Å²) in [7, 11) is -3.58. The van der Waals surface area contributed by atoms with Crippen LogP contribution in [0.25, 0.3) is 11.1 Å². The lowest BCUT2D eigenvalue weighted by atomic mass is 10.1. The quantitative estimate of drug-likeness (QED) is 0.867. The Morgan fingerprint density at radius 2 is 2.20 bits per heavy atom. The molecule has 7 heteroatoms. The van der Waals surface area contributed by atoms with E-state index in [9.17, 15) is 8.42 Å². The van der Waals surface area contributed by atoms with Crippen molar-refractivity contribution in [1.29, 1.82) is 0 Å². The first kappa shape index (κ1) is 13.4. The lowest BCUT2D eigenvalue weighted by Gasteiger charge is -2.21. The Balaban J connectivity index is 1.88. The van der Waals surface area contributed by atoms with Gasteiger partial charge in [-0.05, 0) is 31.4 Å². The number of nitrogens with two attached hydrogens (primary N) is 1. The Morgan fingerprint density at radius 3 is 2.95 bits per heavy atom. The van der Waals surface area contributed by atoms with E-state index in [2.05, 4.69) is 4.98 Å². The fourth-order valence-corrected chi connectivity index (χ4v) is 3.66. The van der Waals surface area contributed by atoms with Crippen LogP contribution in [-0.2, 0) is 14.6 Å². The molecule has 1 atom stereocenters.